The predicted molar refractivity (Wildman–Crippen MR) is 145 cm³/mol. The van der Waals surface area contributed by atoms with E-state index in [4.69, 9.17) is 4.74 Å². The van der Waals surface area contributed by atoms with Gasteiger partial charge < -0.3 is 9.30 Å². The number of hydrogen-bond donors (Lipinski definition) is 0. The lowest BCUT2D eigenvalue weighted by Gasteiger charge is -2.41. The molecule has 0 saturated carbocycles. The van der Waals surface area contributed by atoms with Crippen LogP contribution in [0.5, 0.6) is 11.5 Å². The van der Waals surface area contributed by atoms with Gasteiger partial charge in [0.25, 0.3) is 6.71 Å². The van der Waals surface area contributed by atoms with Gasteiger partial charge in [0.2, 0.25) is 0 Å². The Morgan fingerprint density at radius 3 is 2.54 bits per heavy atom. The Balaban J connectivity index is 1.37. The van der Waals surface area contributed by atoms with Crippen LogP contribution in [-0.4, -0.2) is 11.3 Å². The Labute approximate surface area is 206 Å². The smallest absolute Gasteiger partial charge is 0.251 e. The van der Waals surface area contributed by atoms with Gasteiger partial charge in [-0.2, -0.15) is 0 Å². The van der Waals surface area contributed by atoms with Crippen molar-refractivity contribution in [1.82, 2.24) is 4.57 Å². The van der Waals surface area contributed by atoms with Crippen LogP contribution in [0.15, 0.2) is 84.9 Å². The molecule has 8 rings (SSSR count). The van der Waals surface area contributed by atoms with Crippen molar-refractivity contribution in [2.45, 2.75) is 38.5 Å². The second-order valence-electron chi connectivity index (χ2n) is 10.8. The minimum Gasteiger partial charge on any atom is -0.458 e. The molecule has 0 spiro atoms. The van der Waals surface area contributed by atoms with Crippen LogP contribution in [0, 0.1) is 0 Å². The first kappa shape index (κ1) is 19.6. The average Bonchev–Trinajstić information content (AvgIpc) is 3.47. The molecule has 5 aromatic rings. The van der Waals surface area contributed by atoms with E-state index in [0.717, 1.165) is 17.9 Å². The zero-order valence-electron chi connectivity index (χ0n) is 20.1. The molecule has 1 aromatic heterocycles. The highest BCUT2D eigenvalue weighted by atomic mass is 16.5. The number of para-hydroxylation sites is 1. The normalized spacial score (nSPS) is 16.3. The van der Waals surface area contributed by atoms with Crippen molar-refractivity contribution < 1.29 is 4.74 Å². The minimum atomic E-state index is -0.0517. The van der Waals surface area contributed by atoms with Crippen molar-refractivity contribution in [3.63, 3.8) is 0 Å². The number of rotatable bonds is 1. The number of aryl methyl sites for hydroxylation is 1. The molecule has 0 bridgehead atoms. The van der Waals surface area contributed by atoms with Gasteiger partial charge in [0, 0.05) is 28.2 Å². The molecule has 3 heterocycles. The highest BCUT2D eigenvalue weighted by Gasteiger charge is 2.44. The molecule has 168 valence electrons. The van der Waals surface area contributed by atoms with Crippen molar-refractivity contribution in [1.29, 1.82) is 0 Å². The van der Waals surface area contributed by atoms with E-state index in [1.807, 2.05) is 0 Å². The van der Waals surface area contributed by atoms with Crippen molar-refractivity contribution in [3.8, 4) is 17.2 Å². The fourth-order valence-electron chi connectivity index (χ4n) is 7.15. The van der Waals surface area contributed by atoms with Crippen molar-refractivity contribution >= 4 is 34.0 Å². The zero-order chi connectivity index (χ0) is 23.3. The zero-order valence-corrected chi connectivity index (χ0v) is 20.1. The summed E-state index contributed by atoms with van der Waals surface area (Å²) in [6, 6.07) is 31.3. The first-order chi connectivity index (χ1) is 17.1. The second-order valence-corrected chi connectivity index (χ2v) is 10.8. The monoisotopic (exact) mass is 451 g/mol. The van der Waals surface area contributed by atoms with E-state index in [1.165, 1.54) is 68.2 Å². The maximum atomic E-state index is 6.69. The summed E-state index contributed by atoms with van der Waals surface area (Å²) in [5.41, 5.74) is 12.3. The lowest BCUT2D eigenvalue weighted by molar-refractivity contribution is 0.484. The standard InChI is InChI=1S/C32H26BNO/c1-32(2)23-11-4-5-13-25(23)33-26-18-17-20(19-30(26)35-29-16-8-12-24(32)31(29)33)34-27-14-6-3-9-21(27)22-10-7-15-28(22)34/h3-6,8-9,11-14,16-19H,7,10,15H2,1-2H3. The van der Waals surface area contributed by atoms with Gasteiger partial charge in [0.1, 0.15) is 11.5 Å². The number of benzene rings is 4. The van der Waals surface area contributed by atoms with E-state index in [9.17, 15) is 0 Å². The summed E-state index contributed by atoms with van der Waals surface area (Å²) in [5.74, 6) is 1.98. The topological polar surface area (TPSA) is 14.2 Å². The molecule has 0 atom stereocenters. The summed E-state index contributed by atoms with van der Waals surface area (Å²) < 4.78 is 9.17. The summed E-state index contributed by atoms with van der Waals surface area (Å²) in [4.78, 5) is 0. The highest BCUT2D eigenvalue weighted by Crippen LogP contribution is 2.40. The molecule has 0 radical (unpaired) electrons. The molecule has 2 nitrogen and oxygen atoms in total. The van der Waals surface area contributed by atoms with Crippen LogP contribution in [0.25, 0.3) is 16.6 Å². The van der Waals surface area contributed by atoms with Crippen LogP contribution in [0.1, 0.15) is 42.7 Å². The SMILES string of the molecule is CC1(C)c2ccccc2B2c3ccc(-n4c5c(c6ccccc64)CCC5)cc3Oc3cccc1c32. The summed E-state index contributed by atoms with van der Waals surface area (Å²) >= 11 is 0. The largest absolute Gasteiger partial charge is 0.458 e. The van der Waals surface area contributed by atoms with Gasteiger partial charge >= 0.3 is 0 Å². The minimum absolute atomic E-state index is 0.0517. The van der Waals surface area contributed by atoms with Crippen LogP contribution in [0.2, 0.25) is 0 Å². The number of aromatic nitrogens is 1. The Kier molecular flexibility index (Phi) is 3.74. The second kappa shape index (κ2) is 6.69. The summed E-state index contributed by atoms with van der Waals surface area (Å²) in [5, 5.41) is 1.40. The van der Waals surface area contributed by atoms with E-state index in [0.29, 0.717) is 0 Å². The van der Waals surface area contributed by atoms with E-state index >= 15 is 0 Å². The maximum absolute atomic E-state index is 6.69. The van der Waals surface area contributed by atoms with Gasteiger partial charge in [-0.05, 0) is 65.1 Å². The van der Waals surface area contributed by atoms with Crippen molar-refractivity contribution in [2.75, 3.05) is 0 Å². The molecule has 35 heavy (non-hydrogen) atoms. The molecule has 0 fully saturated rings. The molecule has 3 aliphatic rings. The molecule has 0 N–H and O–H groups in total. The predicted octanol–water partition coefficient (Wildman–Crippen LogP) is 5.38. The molecule has 3 heteroatoms. The number of ether oxygens (including phenoxy) is 1. The number of hydrogen-bond acceptors (Lipinski definition) is 1. The van der Waals surface area contributed by atoms with Gasteiger partial charge in [-0.25, -0.2) is 0 Å². The quantitative estimate of drug-likeness (QED) is 0.306. The van der Waals surface area contributed by atoms with Crippen LogP contribution in [0.4, 0.5) is 0 Å². The van der Waals surface area contributed by atoms with Gasteiger partial charge in [0.15, 0.2) is 0 Å². The third-order valence-electron chi connectivity index (χ3n) is 8.69. The van der Waals surface area contributed by atoms with Gasteiger partial charge in [-0.1, -0.05) is 80.0 Å². The van der Waals surface area contributed by atoms with Crippen LogP contribution in [-0.2, 0) is 18.3 Å². The molecule has 1 aliphatic carbocycles. The lowest BCUT2D eigenvalue weighted by Crippen LogP contribution is -2.62. The summed E-state index contributed by atoms with van der Waals surface area (Å²) in [6.07, 6.45) is 3.55. The highest BCUT2D eigenvalue weighted by molar-refractivity contribution is 6.98. The number of fused-ring (bicyclic) bond motifs is 7. The first-order valence-electron chi connectivity index (χ1n) is 12.8. The van der Waals surface area contributed by atoms with Gasteiger partial charge in [-0.15, -0.1) is 0 Å². The third kappa shape index (κ3) is 2.46. The average molecular weight is 451 g/mol. The van der Waals surface area contributed by atoms with Gasteiger partial charge in [0.05, 0.1) is 5.52 Å². The van der Waals surface area contributed by atoms with Crippen LogP contribution >= 0.6 is 0 Å². The fourth-order valence-corrected chi connectivity index (χ4v) is 7.15. The Hall–Kier alpha value is -3.72. The Bertz CT molecular complexity index is 1690. The molecule has 4 aromatic carbocycles. The first-order valence-corrected chi connectivity index (χ1v) is 12.8. The molecule has 2 aliphatic heterocycles. The van der Waals surface area contributed by atoms with E-state index < -0.39 is 0 Å². The number of nitrogens with zero attached hydrogens (tertiary/aromatic N) is 1. The third-order valence-corrected chi connectivity index (χ3v) is 8.69. The van der Waals surface area contributed by atoms with Gasteiger partial charge in [-0.3, -0.25) is 0 Å². The molecular weight excluding hydrogens is 425 g/mol. The van der Waals surface area contributed by atoms with E-state index in [2.05, 4.69) is 103 Å². The molecule has 0 saturated heterocycles. The van der Waals surface area contributed by atoms with Crippen molar-refractivity contribution in [2.24, 2.45) is 0 Å². The van der Waals surface area contributed by atoms with Crippen LogP contribution in [0.3, 0.4) is 0 Å². The Morgan fingerprint density at radius 1 is 0.771 bits per heavy atom. The summed E-state index contributed by atoms with van der Waals surface area (Å²) in [6.45, 7) is 4.89. The van der Waals surface area contributed by atoms with Crippen LogP contribution < -0.4 is 21.1 Å². The maximum Gasteiger partial charge on any atom is 0.251 e. The Morgan fingerprint density at radius 2 is 1.60 bits per heavy atom. The van der Waals surface area contributed by atoms with E-state index in [-0.39, 0.29) is 12.1 Å². The molecular formula is C32H26BNO. The lowest BCUT2D eigenvalue weighted by atomic mass is 9.30. The van der Waals surface area contributed by atoms with Crippen molar-refractivity contribution in [3.05, 3.63) is 107 Å². The van der Waals surface area contributed by atoms with E-state index in [1.54, 1.807) is 0 Å². The molecule has 0 amide bonds. The fraction of sp³-hybridized carbons (Fsp3) is 0.188. The molecule has 0 unspecified atom stereocenters. The summed E-state index contributed by atoms with van der Waals surface area (Å²) in [7, 11) is 0.